The largest absolute Gasteiger partial charge is 0.494 e. The zero-order valence-electron chi connectivity index (χ0n) is 10.1. The molecule has 1 N–H and O–H groups in total. The molecule has 0 bridgehead atoms. The zero-order chi connectivity index (χ0) is 13.0. The van der Waals surface area contributed by atoms with Gasteiger partial charge in [0.1, 0.15) is 0 Å². The summed E-state index contributed by atoms with van der Waals surface area (Å²) in [4.78, 5) is 15.6. The summed E-state index contributed by atoms with van der Waals surface area (Å²) in [7, 11) is 1.38. The summed E-state index contributed by atoms with van der Waals surface area (Å²) < 4.78 is 18.2. The number of carbonyl (C=O) groups excluding carboxylic acids is 1. The molecule has 0 aliphatic rings. The van der Waals surface area contributed by atoms with Gasteiger partial charge >= 0.3 is 0 Å². The first-order valence-electron chi connectivity index (χ1n) is 5.25. The number of aromatic nitrogens is 1. The number of benzene rings is 1. The van der Waals surface area contributed by atoms with Crippen molar-refractivity contribution in [1.82, 2.24) is 4.98 Å². The smallest absolute Gasteiger partial charge is 0.257 e. The third-order valence-corrected chi connectivity index (χ3v) is 2.33. The molecule has 1 aromatic carbocycles. The third kappa shape index (κ3) is 3.66. The van der Waals surface area contributed by atoms with Crippen molar-refractivity contribution >= 4 is 24.0 Å². The molecule has 2 aromatic rings. The fraction of sp³-hybridized carbons (Fsp3) is 0.0769. The van der Waals surface area contributed by atoms with Crippen LogP contribution in [-0.2, 0) is 0 Å². The van der Waals surface area contributed by atoms with Gasteiger partial charge in [0.15, 0.2) is 11.6 Å². The van der Waals surface area contributed by atoms with Crippen molar-refractivity contribution in [2.75, 3.05) is 12.4 Å². The minimum absolute atomic E-state index is 0. The van der Waals surface area contributed by atoms with E-state index in [1.807, 2.05) is 0 Å². The summed E-state index contributed by atoms with van der Waals surface area (Å²) in [5.41, 5.74) is 0.774. The second-order valence-corrected chi connectivity index (χ2v) is 3.55. The van der Waals surface area contributed by atoms with Gasteiger partial charge in [-0.25, -0.2) is 4.39 Å². The van der Waals surface area contributed by atoms with E-state index in [9.17, 15) is 9.18 Å². The second-order valence-electron chi connectivity index (χ2n) is 3.55. The van der Waals surface area contributed by atoms with E-state index in [0.29, 0.717) is 11.3 Å². The number of hydrogen-bond acceptors (Lipinski definition) is 3. The molecule has 0 saturated carbocycles. The quantitative estimate of drug-likeness (QED) is 0.942. The Morgan fingerprint density at radius 3 is 2.74 bits per heavy atom. The number of carbonyl (C=O) groups is 1. The number of amides is 1. The second kappa shape index (κ2) is 6.70. The first-order chi connectivity index (χ1) is 8.70. The monoisotopic (exact) mass is 282 g/mol. The lowest BCUT2D eigenvalue weighted by Crippen LogP contribution is -2.12. The molecule has 19 heavy (non-hydrogen) atoms. The number of methoxy groups -OCH3 is 1. The molecule has 2 rings (SSSR count). The number of rotatable bonds is 3. The average Bonchev–Trinajstić information content (AvgIpc) is 2.40. The molecular formula is C13H12ClFN2O2. The zero-order valence-corrected chi connectivity index (χ0v) is 10.9. The van der Waals surface area contributed by atoms with Crippen LogP contribution in [0.15, 0.2) is 42.7 Å². The van der Waals surface area contributed by atoms with Gasteiger partial charge in [0, 0.05) is 24.1 Å². The van der Waals surface area contributed by atoms with Gasteiger partial charge in [-0.15, -0.1) is 12.4 Å². The van der Waals surface area contributed by atoms with E-state index in [-0.39, 0.29) is 24.1 Å². The molecule has 1 amide bonds. The summed E-state index contributed by atoms with van der Waals surface area (Å²) in [6.07, 6.45) is 3.01. The van der Waals surface area contributed by atoms with E-state index in [1.54, 1.807) is 24.4 Å². The molecule has 6 heteroatoms. The third-order valence-electron chi connectivity index (χ3n) is 2.33. The molecule has 0 radical (unpaired) electrons. The van der Waals surface area contributed by atoms with Crippen LogP contribution in [0, 0.1) is 5.82 Å². The van der Waals surface area contributed by atoms with Gasteiger partial charge in [-0.3, -0.25) is 9.78 Å². The molecule has 100 valence electrons. The lowest BCUT2D eigenvalue weighted by Gasteiger charge is -2.07. The van der Waals surface area contributed by atoms with Gasteiger partial charge in [-0.1, -0.05) is 0 Å². The van der Waals surface area contributed by atoms with Crippen molar-refractivity contribution in [3.8, 4) is 5.75 Å². The minimum atomic E-state index is -0.526. The summed E-state index contributed by atoms with van der Waals surface area (Å²) in [6.45, 7) is 0. The molecule has 0 saturated heterocycles. The fourth-order valence-corrected chi connectivity index (χ4v) is 1.44. The maximum Gasteiger partial charge on any atom is 0.257 e. The molecule has 0 fully saturated rings. The predicted molar refractivity (Wildman–Crippen MR) is 72.4 cm³/mol. The van der Waals surface area contributed by atoms with E-state index < -0.39 is 5.82 Å². The molecule has 0 aliphatic carbocycles. The number of pyridine rings is 1. The highest BCUT2D eigenvalue weighted by Gasteiger charge is 2.08. The molecule has 1 aromatic heterocycles. The first kappa shape index (κ1) is 14.9. The Balaban J connectivity index is 0.00000180. The fourth-order valence-electron chi connectivity index (χ4n) is 1.44. The van der Waals surface area contributed by atoms with Crippen molar-refractivity contribution in [3.63, 3.8) is 0 Å². The molecule has 4 nitrogen and oxygen atoms in total. The molecule has 0 unspecified atom stereocenters. The highest BCUT2D eigenvalue weighted by Crippen LogP contribution is 2.20. The summed E-state index contributed by atoms with van der Waals surface area (Å²) in [5.74, 6) is -0.733. The van der Waals surface area contributed by atoms with Gasteiger partial charge in [0.05, 0.1) is 12.7 Å². The first-order valence-corrected chi connectivity index (χ1v) is 5.25. The lowest BCUT2D eigenvalue weighted by molar-refractivity contribution is 0.102. The van der Waals surface area contributed by atoms with Crippen molar-refractivity contribution in [2.24, 2.45) is 0 Å². The Bertz CT molecular complexity index is 564. The van der Waals surface area contributed by atoms with Crippen LogP contribution in [0.5, 0.6) is 5.75 Å². The maximum atomic E-state index is 13.4. The number of ether oxygens (including phenoxy) is 1. The van der Waals surface area contributed by atoms with Gasteiger partial charge < -0.3 is 10.1 Å². The molecule has 1 heterocycles. The number of nitrogens with one attached hydrogen (secondary N) is 1. The molecule has 0 aliphatic heterocycles. The maximum absolute atomic E-state index is 13.4. The summed E-state index contributed by atoms with van der Waals surface area (Å²) >= 11 is 0. The van der Waals surface area contributed by atoms with Crippen molar-refractivity contribution < 1.29 is 13.9 Å². The normalized spacial score (nSPS) is 9.37. The van der Waals surface area contributed by atoms with Crippen molar-refractivity contribution in [3.05, 3.63) is 54.1 Å². The topological polar surface area (TPSA) is 51.2 Å². The van der Waals surface area contributed by atoms with E-state index in [4.69, 9.17) is 4.74 Å². The standard InChI is InChI=1S/C13H11FN2O2.ClH/c1-18-12-5-4-10(7-11(12)14)16-13(17)9-3-2-6-15-8-9;/h2-8H,1H3,(H,16,17);1H. The van der Waals surface area contributed by atoms with Crippen LogP contribution in [0.2, 0.25) is 0 Å². The SMILES string of the molecule is COc1ccc(NC(=O)c2cccnc2)cc1F.Cl. The number of anilines is 1. The van der Waals surface area contributed by atoms with Crippen LogP contribution < -0.4 is 10.1 Å². The van der Waals surface area contributed by atoms with Gasteiger partial charge in [-0.05, 0) is 24.3 Å². The average molecular weight is 283 g/mol. The van der Waals surface area contributed by atoms with Crippen LogP contribution in [0.25, 0.3) is 0 Å². The summed E-state index contributed by atoms with van der Waals surface area (Å²) in [5, 5.41) is 2.58. The highest BCUT2D eigenvalue weighted by molar-refractivity contribution is 6.04. The number of hydrogen-bond donors (Lipinski definition) is 1. The molecule has 0 spiro atoms. The van der Waals surface area contributed by atoms with Gasteiger partial charge in [0.2, 0.25) is 0 Å². The van der Waals surface area contributed by atoms with E-state index in [2.05, 4.69) is 10.3 Å². The van der Waals surface area contributed by atoms with E-state index in [0.717, 1.165) is 0 Å². The highest BCUT2D eigenvalue weighted by atomic mass is 35.5. The number of nitrogens with zero attached hydrogens (tertiary/aromatic N) is 1. The number of halogens is 2. The Labute approximate surface area is 116 Å². The van der Waals surface area contributed by atoms with Gasteiger partial charge in [-0.2, -0.15) is 0 Å². The van der Waals surface area contributed by atoms with Crippen LogP contribution >= 0.6 is 12.4 Å². The Morgan fingerprint density at radius 2 is 2.16 bits per heavy atom. The Morgan fingerprint density at radius 1 is 1.37 bits per heavy atom. The molecular weight excluding hydrogens is 271 g/mol. The van der Waals surface area contributed by atoms with E-state index in [1.165, 1.54) is 25.4 Å². The van der Waals surface area contributed by atoms with Crippen molar-refractivity contribution in [2.45, 2.75) is 0 Å². The predicted octanol–water partition coefficient (Wildman–Crippen LogP) is 2.90. The van der Waals surface area contributed by atoms with Crippen LogP contribution in [0.1, 0.15) is 10.4 Å². The summed E-state index contributed by atoms with van der Waals surface area (Å²) in [6, 6.07) is 7.50. The lowest BCUT2D eigenvalue weighted by atomic mass is 10.2. The van der Waals surface area contributed by atoms with Crippen molar-refractivity contribution in [1.29, 1.82) is 0 Å². The van der Waals surface area contributed by atoms with Crippen LogP contribution in [-0.4, -0.2) is 18.0 Å². The van der Waals surface area contributed by atoms with Crippen LogP contribution in [0.3, 0.4) is 0 Å². The van der Waals surface area contributed by atoms with E-state index >= 15 is 0 Å². The Kier molecular flexibility index (Phi) is 5.26. The van der Waals surface area contributed by atoms with Crippen LogP contribution in [0.4, 0.5) is 10.1 Å². The molecule has 0 atom stereocenters. The Hall–Kier alpha value is -2.14. The van der Waals surface area contributed by atoms with Gasteiger partial charge in [0.25, 0.3) is 5.91 Å². The minimum Gasteiger partial charge on any atom is -0.494 e.